The molecular weight excluding hydrogens is 302 g/mol. The molecule has 0 saturated carbocycles. The standard InChI is InChI=1S/C19H19N3O2/c1-13-10-16-11-15(2-3-18(16)24-13)19(23)22-8-4-14(5-9-22)17-12-20-6-7-21-17/h2-3,6-7,10-12,14H,4-5,8-9H2,1H3. The van der Waals surface area contributed by atoms with Crippen LogP contribution in [0.4, 0.5) is 0 Å². The third-order valence-corrected chi connectivity index (χ3v) is 4.67. The lowest BCUT2D eigenvalue weighted by molar-refractivity contribution is 0.0712. The number of benzene rings is 1. The zero-order valence-electron chi connectivity index (χ0n) is 13.6. The molecule has 3 aromatic rings. The maximum absolute atomic E-state index is 12.8. The van der Waals surface area contributed by atoms with E-state index in [0.717, 1.165) is 53.9 Å². The lowest BCUT2D eigenvalue weighted by Crippen LogP contribution is -2.38. The predicted molar refractivity (Wildman–Crippen MR) is 90.9 cm³/mol. The summed E-state index contributed by atoms with van der Waals surface area (Å²) < 4.78 is 5.57. The number of fused-ring (bicyclic) bond motifs is 1. The molecule has 0 bridgehead atoms. The van der Waals surface area contributed by atoms with Crippen LogP contribution >= 0.6 is 0 Å². The summed E-state index contributed by atoms with van der Waals surface area (Å²) in [6, 6.07) is 7.61. The minimum atomic E-state index is 0.0911. The molecule has 3 heterocycles. The molecule has 1 aromatic carbocycles. The van der Waals surface area contributed by atoms with Crippen molar-refractivity contribution in [2.45, 2.75) is 25.7 Å². The van der Waals surface area contributed by atoms with Gasteiger partial charge in [-0.3, -0.25) is 14.8 Å². The third kappa shape index (κ3) is 2.77. The second-order valence-corrected chi connectivity index (χ2v) is 6.31. The van der Waals surface area contributed by atoms with E-state index < -0.39 is 0 Å². The van der Waals surface area contributed by atoms with Crippen molar-refractivity contribution in [2.24, 2.45) is 0 Å². The summed E-state index contributed by atoms with van der Waals surface area (Å²) in [6.07, 6.45) is 7.11. The molecule has 1 aliphatic rings. The summed E-state index contributed by atoms with van der Waals surface area (Å²) >= 11 is 0. The Bertz CT molecular complexity index is 865. The Labute approximate surface area is 140 Å². The van der Waals surface area contributed by atoms with Crippen molar-refractivity contribution in [3.63, 3.8) is 0 Å². The molecule has 2 aromatic heterocycles. The Morgan fingerprint density at radius 3 is 2.79 bits per heavy atom. The van der Waals surface area contributed by atoms with Crippen LogP contribution in [-0.2, 0) is 0 Å². The lowest BCUT2D eigenvalue weighted by Gasteiger charge is -2.31. The van der Waals surface area contributed by atoms with E-state index in [1.165, 1.54) is 0 Å². The van der Waals surface area contributed by atoms with E-state index in [-0.39, 0.29) is 5.91 Å². The average molecular weight is 321 g/mol. The first-order valence-corrected chi connectivity index (χ1v) is 8.26. The molecule has 0 spiro atoms. The molecule has 0 radical (unpaired) electrons. The molecule has 0 aliphatic carbocycles. The molecule has 0 unspecified atom stereocenters. The second-order valence-electron chi connectivity index (χ2n) is 6.31. The summed E-state index contributed by atoms with van der Waals surface area (Å²) in [5.74, 6) is 1.34. The van der Waals surface area contributed by atoms with Crippen molar-refractivity contribution in [1.29, 1.82) is 0 Å². The Morgan fingerprint density at radius 2 is 2.04 bits per heavy atom. The van der Waals surface area contributed by atoms with Gasteiger partial charge < -0.3 is 9.32 Å². The first-order valence-electron chi connectivity index (χ1n) is 8.26. The third-order valence-electron chi connectivity index (χ3n) is 4.67. The molecule has 4 rings (SSSR count). The van der Waals surface area contributed by atoms with Crippen LogP contribution in [0.3, 0.4) is 0 Å². The highest BCUT2D eigenvalue weighted by Gasteiger charge is 2.25. The number of aryl methyl sites for hydroxylation is 1. The van der Waals surface area contributed by atoms with E-state index in [4.69, 9.17) is 4.42 Å². The van der Waals surface area contributed by atoms with Gasteiger partial charge in [0.05, 0.1) is 5.69 Å². The highest BCUT2D eigenvalue weighted by molar-refractivity contribution is 5.97. The van der Waals surface area contributed by atoms with Crippen LogP contribution in [0.25, 0.3) is 11.0 Å². The smallest absolute Gasteiger partial charge is 0.253 e. The number of amides is 1. The summed E-state index contributed by atoms with van der Waals surface area (Å²) in [7, 11) is 0. The number of carbonyl (C=O) groups is 1. The fourth-order valence-corrected chi connectivity index (χ4v) is 3.39. The van der Waals surface area contributed by atoms with Crippen LogP contribution in [0.1, 0.15) is 40.6 Å². The minimum Gasteiger partial charge on any atom is -0.461 e. The second kappa shape index (κ2) is 6.07. The molecule has 1 fully saturated rings. The Hall–Kier alpha value is -2.69. The fourth-order valence-electron chi connectivity index (χ4n) is 3.39. The minimum absolute atomic E-state index is 0.0911. The zero-order chi connectivity index (χ0) is 16.5. The topological polar surface area (TPSA) is 59.2 Å². The molecule has 1 amide bonds. The van der Waals surface area contributed by atoms with Crippen molar-refractivity contribution >= 4 is 16.9 Å². The highest BCUT2D eigenvalue weighted by atomic mass is 16.3. The van der Waals surface area contributed by atoms with E-state index in [1.54, 1.807) is 12.4 Å². The number of hydrogen-bond donors (Lipinski definition) is 0. The van der Waals surface area contributed by atoms with E-state index >= 15 is 0 Å². The van der Waals surface area contributed by atoms with Crippen LogP contribution in [-0.4, -0.2) is 33.9 Å². The largest absolute Gasteiger partial charge is 0.461 e. The van der Waals surface area contributed by atoms with Crippen LogP contribution < -0.4 is 0 Å². The first kappa shape index (κ1) is 14.9. The number of likely N-dealkylation sites (tertiary alicyclic amines) is 1. The summed E-state index contributed by atoms with van der Waals surface area (Å²) in [6.45, 7) is 3.42. The van der Waals surface area contributed by atoms with Crippen molar-refractivity contribution < 1.29 is 9.21 Å². The van der Waals surface area contributed by atoms with Gasteiger partial charge in [0.2, 0.25) is 0 Å². The summed E-state index contributed by atoms with van der Waals surface area (Å²) in [4.78, 5) is 23.2. The number of rotatable bonds is 2. The van der Waals surface area contributed by atoms with Gasteiger partial charge in [0.15, 0.2) is 0 Å². The van der Waals surface area contributed by atoms with Crippen LogP contribution in [0.15, 0.2) is 47.3 Å². The van der Waals surface area contributed by atoms with E-state index in [2.05, 4.69) is 9.97 Å². The maximum atomic E-state index is 12.8. The molecule has 0 N–H and O–H groups in total. The van der Waals surface area contributed by atoms with Crippen LogP contribution in [0.2, 0.25) is 0 Å². The number of hydrogen-bond acceptors (Lipinski definition) is 4. The van der Waals surface area contributed by atoms with E-state index in [0.29, 0.717) is 5.92 Å². The van der Waals surface area contributed by atoms with Crippen molar-refractivity contribution in [1.82, 2.24) is 14.9 Å². The zero-order valence-corrected chi connectivity index (χ0v) is 13.6. The Balaban J connectivity index is 1.47. The number of furan rings is 1. The van der Waals surface area contributed by atoms with Gasteiger partial charge in [0.1, 0.15) is 11.3 Å². The Kier molecular flexibility index (Phi) is 3.76. The van der Waals surface area contributed by atoms with Gasteiger partial charge in [0, 0.05) is 48.5 Å². The quantitative estimate of drug-likeness (QED) is 0.724. The molecule has 122 valence electrons. The molecule has 0 atom stereocenters. The molecule has 1 saturated heterocycles. The predicted octanol–water partition coefficient (Wildman–Crippen LogP) is 3.55. The van der Waals surface area contributed by atoms with Gasteiger partial charge in [0.25, 0.3) is 5.91 Å². The first-order chi connectivity index (χ1) is 11.7. The summed E-state index contributed by atoms with van der Waals surface area (Å²) in [5.41, 5.74) is 2.58. The normalized spacial score (nSPS) is 15.8. The molecule has 5 heteroatoms. The van der Waals surface area contributed by atoms with Gasteiger partial charge in [-0.2, -0.15) is 0 Å². The van der Waals surface area contributed by atoms with Crippen LogP contribution in [0.5, 0.6) is 0 Å². The number of nitrogens with zero attached hydrogens (tertiary/aromatic N) is 3. The molecular formula is C19H19N3O2. The lowest BCUT2D eigenvalue weighted by atomic mass is 9.93. The number of piperidine rings is 1. The summed E-state index contributed by atoms with van der Waals surface area (Å²) in [5, 5.41) is 0.979. The van der Waals surface area contributed by atoms with Gasteiger partial charge >= 0.3 is 0 Å². The monoisotopic (exact) mass is 321 g/mol. The van der Waals surface area contributed by atoms with Gasteiger partial charge in [-0.1, -0.05) is 0 Å². The number of aromatic nitrogens is 2. The van der Waals surface area contributed by atoms with Crippen molar-refractivity contribution in [3.05, 3.63) is 59.9 Å². The van der Waals surface area contributed by atoms with E-state index in [9.17, 15) is 4.79 Å². The fraction of sp³-hybridized carbons (Fsp3) is 0.316. The van der Waals surface area contributed by atoms with Crippen LogP contribution in [0, 0.1) is 6.92 Å². The molecule has 24 heavy (non-hydrogen) atoms. The highest BCUT2D eigenvalue weighted by Crippen LogP contribution is 2.27. The van der Waals surface area contributed by atoms with Crippen molar-refractivity contribution in [2.75, 3.05) is 13.1 Å². The molecule has 5 nitrogen and oxygen atoms in total. The Morgan fingerprint density at radius 1 is 1.21 bits per heavy atom. The van der Waals surface area contributed by atoms with Crippen molar-refractivity contribution in [3.8, 4) is 0 Å². The maximum Gasteiger partial charge on any atom is 0.253 e. The SMILES string of the molecule is Cc1cc2cc(C(=O)N3CCC(c4cnccn4)CC3)ccc2o1. The van der Waals surface area contributed by atoms with E-state index in [1.807, 2.05) is 42.3 Å². The average Bonchev–Trinajstić information content (AvgIpc) is 3.01. The number of carbonyl (C=O) groups excluding carboxylic acids is 1. The van der Waals surface area contributed by atoms with Gasteiger partial charge in [-0.15, -0.1) is 0 Å². The van der Waals surface area contributed by atoms with Gasteiger partial charge in [-0.25, -0.2) is 0 Å². The molecule has 1 aliphatic heterocycles. The van der Waals surface area contributed by atoms with Gasteiger partial charge in [-0.05, 0) is 44.0 Å².